The van der Waals surface area contributed by atoms with E-state index in [2.05, 4.69) is 19.2 Å². The number of rotatable bonds is 37. The molecule has 55 heavy (non-hydrogen) atoms. The molecule has 0 aromatic carbocycles. The van der Waals surface area contributed by atoms with Crippen molar-refractivity contribution in [2.24, 2.45) is 0 Å². The van der Waals surface area contributed by atoms with Gasteiger partial charge in [0.05, 0.1) is 18.8 Å². The maximum absolute atomic E-state index is 12.9. The van der Waals surface area contributed by atoms with E-state index in [-0.39, 0.29) is 12.3 Å². The lowest BCUT2D eigenvalue weighted by molar-refractivity contribution is -0.220. The fourth-order valence-corrected chi connectivity index (χ4v) is 8.40. The average molecular weight is 810 g/mol. The third-order valence-corrected chi connectivity index (χ3v) is 12.2. The standard InChI is InChI=1S/C42H84NO11P/c1-3-5-7-9-11-13-15-17-18-20-22-24-26-28-30-32-36(45)43-34(35(44)31-29-27-25-23-21-19-16-14-12-10-8-6-4-2)33-53-55(51,52)54-42-40(49)38(47)37(46)39(48)41(42)50/h34-35,37-42,44,46-50H,3-33H2,1-2H3,(H,43,45)(H,51,52)/t34?,35?,37?,38-,39+,40-,41-,42?/m1/s1. The van der Waals surface area contributed by atoms with Gasteiger partial charge in [-0.05, 0) is 12.8 Å². The lowest BCUT2D eigenvalue weighted by Crippen LogP contribution is -2.64. The molecule has 1 aliphatic carbocycles. The second-order valence-corrected chi connectivity index (χ2v) is 17.7. The first-order valence-electron chi connectivity index (χ1n) is 22.5. The SMILES string of the molecule is CCCCCCCCCCCCCCCCCC(=O)NC(COP(=O)(O)OC1[C@H](O)[C@H](O)C(O)[C@H](O)[C@H]1O)C(O)CCCCCCCCCCCCCCC. The van der Waals surface area contributed by atoms with Crippen LogP contribution in [0.4, 0.5) is 0 Å². The van der Waals surface area contributed by atoms with Crippen molar-refractivity contribution in [1.29, 1.82) is 0 Å². The zero-order chi connectivity index (χ0) is 40.7. The lowest BCUT2D eigenvalue weighted by atomic mass is 9.85. The van der Waals surface area contributed by atoms with Crippen LogP contribution in [0, 0.1) is 0 Å². The summed E-state index contributed by atoms with van der Waals surface area (Å²) in [6.07, 6.45) is 21.3. The van der Waals surface area contributed by atoms with E-state index in [4.69, 9.17) is 9.05 Å². The number of phosphoric ester groups is 1. The number of amides is 1. The van der Waals surface area contributed by atoms with Crippen LogP contribution >= 0.6 is 7.82 Å². The summed E-state index contributed by atoms with van der Waals surface area (Å²) in [5, 5.41) is 64.0. The highest BCUT2D eigenvalue weighted by molar-refractivity contribution is 7.47. The van der Waals surface area contributed by atoms with Crippen molar-refractivity contribution in [2.45, 2.75) is 255 Å². The summed E-state index contributed by atoms with van der Waals surface area (Å²) in [5.41, 5.74) is 0. The van der Waals surface area contributed by atoms with Crippen molar-refractivity contribution in [3.63, 3.8) is 0 Å². The molecule has 13 heteroatoms. The van der Waals surface area contributed by atoms with Gasteiger partial charge in [-0.3, -0.25) is 13.8 Å². The Kier molecular flexibility index (Phi) is 31.6. The summed E-state index contributed by atoms with van der Waals surface area (Å²) >= 11 is 0. The molecule has 9 atom stereocenters. The number of aliphatic hydroxyl groups is 6. The first-order valence-corrected chi connectivity index (χ1v) is 24.0. The summed E-state index contributed by atoms with van der Waals surface area (Å²) in [7, 11) is -5.05. The van der Waals surface area contributed by atoms with Crippen LogP contribution in [-0.2, 0) is 18.4 Å². The highest BCUT2D eigenvalue weighted by atomic mass is 31.2. The second kappa shape index (κ2) is 33.2. The molecular formula is C42H84NO11P. The van der Waals surface area contributed by atoms with Gasteiger partial charge in [-0.25, -0.2) is 4.57 Å². The van der Waals surface area contributed by atoms with Crippen molar-refractivity contribution in [3.8, 4) is 0 Å². The molecule has 0 aromatic rings. The molecule has 5 unspecified atom stereocenters. The predicted molar refractivity (Wildman–Crippen MR) is 218 cm³/mol. The van der Waals surface area contributed by atoms with Crippen LogP contribution in [0.25, 0.3) is 0 Å². The minimum Gasteiger partial charge on any atom is -0.391 e. The summed E-state index contributed by atoms with van der Waals surface area (Å²) in [4.78, 5) is 23.4. The van der Waals surface area contributed by atoms with Crippen molar-refractivity contribution in [1.82, 2.24) is 5.32 Å². The van der Waals surface area contributed by atoms with Gasteiger partial charge in [0, 0.05) is 6.42 Å². The van der Waals surface area contributed by atoms with Gasteiger partial charge in [0.25, 0.3) is 0 Å². The van der Waals surface area contributed by atoms with E-state index < -0.39 is 63.2 Å². The maximum Gasteiger partial charge on any atom is 0.472 e. The van der Waals surface area contributed by atoms with Crippen LogP contribution in [0.2, 0.25) is 0 Å². The molecule has 12 nitrogen and oxygen atoms in total. The highest BCUT2D eigenvalue weighted by Crippen LogP contribution is 2.47. The van der Waals surface area contributed by atoms with Gasteiger partial charge in [-0.1, -0.05) is 187 Å². The number of hydrogen-bond donors (Lipinski definition) is 8. The summed E-state index contributed by atoms with van der Waals surface area (Å²) in [6, 6.07) is -1.02. The molecule has 1 saturated carbocycles. The molecule has 8 N–H and O–H groups in total. The summed E-state index contributed by atoms with van der Waals surface area (Å²) in [5.74, 6) is -0.306. The Morgan fingerprint density at radius 2 is 0.873 bits per heavy atom. The van der Waals surface area contributed by atoms with E-state index in [1.807, 2.05) is 0 Å². The van der Waals surface area contributed by atoms with E-state index in [9.17, 15) is 44.9 Å². The van der Waals surface area contributed by atoms with E-state index in [1.54, 1.807) is 0 Å². The molecule has 0 bridgehead atoms. The third kappa shape index (κ3) is 25.4. The molecule has 328 valence electrons. The van der Waals surface area contributed by atoms with E-state index in [0.717, 1.165) is 38.5 Å². The van der Waals surface area contributed by atoms with Crippen LogP contribution in [-0.4, -0.2) is 96.8 Å². The molecule has 0 saturated heterocycles. The number of carbonyl (C=O) groups excluding carboxylic acids is 1. The van der Waals surface area contributed by atoms with Gasteiger partial charge < -0.3 is 40.8 Å². The summed E-state index contributed by atoms with van der Waals surface area (Å²) in [6.45, 7) is 3.88. The first kappa shape index (κ1) is 52.4. The molecular weight excluding hydrogens is 725 g/mol. The number of aliphatic hydroxyl groups excluding tert-OH is 6. The molecule has 0 aliphatic heterocycles. The van der Waals surface area contributed by atoms with Crippen molar-refractivity contribution < 1.29 is 53.9 Å². The molecule has 1 aliphatic rings. The molecule has 0 heterocycles. The van der Waals surface area contributed by atoms with Crippen LogP contribution < -0.4 is 5.32 Å². The van der Waals surface area contributed by atoms with Gasteiger partial charge in [-0.15, -0.1) is 0 Å². The summed E-state index contributed by atoms with van der Waals surface area (Å²) < 4.78 is 22.9. The maximum atomic E-state index is 12.9. The van der Waals surface area contributed by atoms with Crippen LogP contribution in [0.3, 0.4) is 0 Å². The Morgan fingerprint density at radius 1 is 0.545 bits per heavy atom. The van der Waals surface area contributed by atoms with E-state index in [0.29, 0.717) is 19.3 Å². The number of unbranched alkanes of at least 4 members (excludes halogenated alkanes) is 26. The van der Waals surface area contributed by atoms with Crippen molar-refractivity contribution in [2.75, 3.05) is 6.61 Å². The zero-order valence-corrected chi connectivity index (χ0v) is 35.6. The van der Waals surface area contributed by atoms with Crippen LogP contribution in [0.15, 0.2) is 0 Å². The number of hydrogen-bond acceptors (Lipinski definition) is 10. The minimum absolute atomic E-state index is 0.242. The fraction of sp³-hybridized carbons (Fsp3) is 0.976. The molecule has 1 amide bonds. The molecule has 0 spiro atoms. The van der Waals surface area contributed by atoms with Crippen molar-refractivity contribution in [3.05, 3.63) is 0 Å². The second-order valence-electron chi connectivity index (χ2n) is 16.3. The smallest absolute Gasteiger partial charge is 0.391 e. The van der Waals surface area contributed by atoms with Gasteiger partial charge in [0.1, 0.15) is 36.6 Å². The number of nitrogens with one attached hydrogen (secondary N) is 1. The normalized spacial score (nSPS) is 23.7. The predicted octanol–water partition coefficient (Wildman–Crippen LogP) is 7.90. The first-order chi connectivity index (χ1) is 26.4. The van der Waals surface area contributed by atoms with Gasteiger partial charge >= 0.3 is 7.82 Å². The molecule has 0 radical (unpaired) electrons. The third-order valence-electron chi connectivity index (χ3n) is 11.2. The molecule has 1 fully saturated rings. The minimum atomic E-state index is -5.05. The topological polar surface area (TPSA) is 206 Å². The highest BCUT2D eigenvalue weighted by Gasteiger charge is 2.51. The van der Waals surface area contributed by atoms with Crippen LogP contribution in [0.1, 0.15) is 206 Å². The Hall–Kier alpha value is -0.660. The number of carbonyl (C=O) groups is 1. The van der Waals surface area contributed by atoms with Gasteiger partial charge in [0.15, 0.2) is 0 Å². The van der Waals surface area contributed by atoms with E-state index in [1.165, 1.54) is 128 Å². The largest absolute Gasteiger partial charge is 0.472 e. The Morgan fingerprint density at radius 3 is 1.25 bits per heavy atom. The lowest BCUT2D eigenvalue weighted by Gasteiger charge is -2.41. The van der Waals surface area contributed by atoms with Crippen LogP contribution in [0.5, 0.6) is 0 Å². The molecule has 1 rings (SSSR count). The van der Waals surface area contributed by atoms with Gasteiger partial charge in [-0.2, -0.15) is 0 Å². The zero-order valence-electron chi connectivity index (χ0n) is 34.7. The Bertz CT molecular complexity index is 946. The average Bonchev–Trinajstić information content (AvgIpc) is 3.16. The quantitative estimate of drug-likeness (QED) is 0.0224. The van der Waals surface area contributed by atoms with Crippen molar-refractivity contribution >= 4 is 13.7 Å². The van der Waals surface area contributed by atoms with Gasteiger partial charge in [0.2, 0.25) is 5.91 Å². The number of phosphoric acid groups is 1. The molecule has 0 aromatic heterocycles. The Labute approximate surface area is 334 Å². The monoisotopic (exact) mass is 810 g/mol. The fourth-order valence-electron chi connectivity index (χ4n) is 7.44. The Balaban J connectivity index is 2.48. The van der Waals surface area contributed by atoms with E-state index >= 15 is 0 Å².